The van der Waals surface area contributed by atoms with Gasteiger partial charge < -0.3 is 10.2 Å². The molecule has 0 unspecified atom stereocenters. The van der Waals surface area contributed by atoms with E-state index in [1.807, 2.05) is 19.1 Å². The van der Waals surface area contributed by atoms with E-state index >= 15 is 0 Å². The molecule has 3 aromatic rings. The Morgan fingerprint density at radius 1 is 1.00 bits per heavy atom. The van der Waals surface area contributed by atoms with Crippen LogP contribution in [0.3, 0.4) is 0 Å². The largest absolute Gasteiger partial charge is 0.416 e. The third kappa shape index (κ3) is 7.14. The number of anilines is 1. The monoisotopic (exact) mass is 595 g/mol. The highest BCUT2D eigenvalue weighted by Crippen LogP contribution is 2.37. The highest BCUT2D eigenvalue weighted by Gasteiger charge is 2.36. The number of carbonyl (C=O) groups is 2. The van der Waals surface area contributed by atoms with E-state index in [9.17, 15) is 31.2 Å². The van der Waals surface area contributed by atoms with Crippen molar-refractivity contribution >= 4 is 39.1 Å². The van der Waals surface area contributed by atoms with E-state index in [0.29, 0.717) is 15.9 Å². The summed E-state index contributed by atoms with van der Waals surface area (Å²) in [5, 5.41) is 2.21. The van der Waals surface area contributed by atoms with E-state index in [2.05, 4.69) is 5.32 Å². The molecule has 0 aromatic heterocycles. The van der Waals surface area contributed by atoms with E-state index in [1.165, 1.54) is 36.2 Å². The van der Waals surface area contributed by atoms with E-state index < -0.39 is 51.9 Å². The number of carbonyl (C=O) groups excluding carboxylic acids is 2. The molecule has 0 saturated heterocycles. The number of hydrogen-bond donors (Lipinski definition) is 1. The van der Waals surface area contributed by atoms with Crippen molar-refractivity contribution in [2.45, 2.75) is 43.9 Å². The molecule has 1 atom stereocenters. The van der Waals surface area contributed by atoms with Crippen LogP contribution in [0, 0.1) is 6.92 Å². The second-order valence-corrected chi connectivity index (χ2v) is 11.3. The summed E-state index contributed by atoms with van der Waals surface area (Å²) in [5.41, 5.74) is -0.00644. The Hall–Kier alpha value is -3.57. The van der Waals surface area contributed by atoms with Crippen molar-refractivity contribution < 1.29 is 31.2 Å². The summed E-state index contributed by atoms with van der Waals surface area (Å²) in [6.45, 7) is 2.63. The Bertz CT molecular complexity index is 1450. The van der Waals surface area contributed by atoms with Gasteiger partial charge in [0.25, 0.3) is 10.0 Å². The van der Waals surface area contributed by atoms with Crippen molar-refractivity contribution in [3.05, 3.63) is 94.5 Å². The maximum Gasteiger partial charge on any atom is 0.416 e. The van der Waals surface area contributed by atoms with Crippen LogP contribution in [-0.2, 0) is 32.3 Å². The summed E-state index contributed by atoms with van der Waals surface area (Å²) < 4.78 is 68.9. The van der Waals surface area contributed by atoms with Crippen LogP contribution >= 0.6 is 11.6 Å². The number of aryl methyl sites for hydroxylation is 1. The van der Waals surface area contributed by atoms with Gasteiger partial charge in [-0.05, 0) is 49.2 Å². The third-order valence-corrected chi connectivity index (χ3v) is 8.35. The lowest BCUT2D eigenvalue weighted by molar-refractivity contribution is -0.140. The topological polar surface area (TPSA) is 86.8 Å². The van der Waals surface area contributed by atoms with Crippen LogP contribution in [0.5, 0.6) is 0 Å². The molecule has 214 valence electrons. The predicted molar refractivity (Wildman–Crippen MR) is 147 cm³/mol. The molecule has 0 bridgehead atoms. The van der Waals surface area contributed by atoms with Crippen molar-refractivity contribution in [1.82, 2.24) is 10.2 Å². The van der Waals surface area contributed by atoms with Gasteiger partial charge >= 0.3 is 6.18 Å². The minimum Gasteiger partial charge on any atom is -0.357 e. The third-order valence-electron chi connectivity index (χ3n) is 6.26. The van der Waals surface area contributed by atoms with Crippen LogP contribution in [0.1, 0.15) is 30.0 Å². The summed E-state index contributed by atoms with van der Waals surface area (Å²) in [7, 11) is -3.16. The average Bonchev–Trinajstić information content (AvgIpc) is 2.92. The quantitative estimate of drug-likeness (QED) is 0.339. The van der Waals surface area contributed by atoms with Crippen LogP contribution in [0.25, 0.3) is 0 Å². The summed E-state index contributed by atoms with van der Waals surface area (Å²) in [6, 6.07) is 15.5. The number of likely N-dealkylation sites (N-methyl/N-ethyl adjacent to an activating group) is 1. The lowest BCUT2D eigenvalue weighted by Gasteiger charge is -2.33. The van der Waals surface area contributed by atoms with Crippen molar-refractivity contribution in [1.29, 1.82) is 0 Å². The van der Waals surface area contributed by atoms with Crippen LogP contribution < -0.4 is 9.62 Å². The molecule has 7 nitrogen and oxygen atoms in total. The van der Waals surface area contributed by atoms with Gasteiger partial charge in [-0.3, -0.25) is 13.9 Å². The van der Waals surface area contributed by atoms with Crippen LogP contribution in [0.15, 0.2) is 77.7 Å². The molecule has 0 aliphatic heterocycles. The zero-order valence-corrected chi connectivity index (χ0v) is 23.6. The van der Waals surface area contributed by atoms with Gasteiger partial charge in [0, 0.05) is 13.6 Å². The van der Waals surface area contributed by atoms with Crippen molar-refractivity contribution in [2.24, 2.45) is 0 Å². The molecule has 3 rings (SSSR count). The number of nitrogens with zero attached hydrogens (tertiary/aromatic N) is 2. The first kappa shape index (κ1) is 31.0. The predicted octanol–water partition coefficient (Wildman–Crippen LogP) is 5.42. The standard InChI is InChI=1S/C28H29ClF3N3O4S/c1-4-24(27(37)33-3)34(17-20-12-10-19(2)11-13-20)26(36)18-35(40(38,39)22-8-6-5-7-9-22)25-16-21(28(30,31)32)14-15-23(25)29/h5-16,24H,4,17-18H2,1-3H3,(H,33,37)/t24-/m1/s1. The fourth-order valence-electron chi connectivity index (χ4n) is 4.09. The van der Waals surface area contributed by atoms with Crippen molar-refractivity contribution in [3.8, 4) is 0 Å². The summed E-state index contributed by atoms with van der Waals surface area (Å²) >= 11 is 6.24. The molecule has 0 radical (unpaired) electrons. The number of nitrogens with one attached hydrogen (secondary N) is 1. The first-order valence-corrected chi connectivity index (χ1v) is 14.1. The Balaban J connectivity index is 2.15. The second kappa shape index (κ2) is 12.7. The van der Waals surface area contributed by atoms with Crippen molar-refractivity contribution in [3.63, 3.8) is 0 Å². The highest BCUT2D eigenvalue weighted by molar-refractivity contribution is 7.92. The van der Waals surface area contributed by atoms with Crippen LogP contribution in [-0.4, -0.2) is 44.8 Å². The molecular weight excluding hydrogens is 567 g/mol. The highest BCUT2D eigenvalue weighted by atomic mass is 35.5. The number of halogens is 4. The number of amides is 2. The van der Waals surface area contributed by atoms with Crippen LogP contribution in [0.4, 0.5) is 18.9 Å². The molecule has 3 aromatic carbocycles. The number of sulfonamides is 1. The number of hydrogen-bond acceptors (Lipinski definition) is 4. The van der Waals surface area contributed by atoms with Gasteiger partial charge in [-0.1, -0.05) is 66.6 Å². The van der Waals surface area contributed by atoms with Gasteiger partial charge in [0.1, 0.15) is 12.6 Å². The number of alkyl halides is 3. The van der Waals surface area contributed by atoms with Gasteiger partial charge in [0.15, 0.2) is 0 Å². The molecule has 0 saturated carbocycles. The molecule has 40 heavy (non-hydrogen) atoms. The Labute approximate surface area is 236 Å². The lowest BCUT2D eigenvalue weighted by atomic mass is 10.1. The van der Waals surface area contributed by atoms with Gasteiger partial charge in [-0.2, -0.15) is 13.2 Å². The van der Waals surface area contributed by atoms with Gasteiger partial charge in [-0.25, -0.2) is 8.42 Å². The van der Waals surface area contributed by atoms with Gasteiger partial charge in [0.05, 0.1) is 21.2 Å². The maximum absolute atomic E-state index is 13.9. The zero-order chi connectivity index (χ0) is 29.7. The second-order valence-electron chi connectivity index (χ2n) is 9.03. The van der Waals surface area contributed by atoms with E-state index in [1.54, 1.807) is 25.1 Å². The fourth-order valence-corrected chi connectivity index (χ4v) is 5.81. The molecule has 0 heterocycles. The fraction of sp³-hybridized carbons (Fsp3) is 0.286. The number of rotatable bonds is 10. The Kier molecular flexibility index (Phi) is 9.86. The normalized spacial score (nSPS) is 12.5. The SMILES string of the molecule is CC[C@H](C(=O)NC)N(Cc1ccc(C)cc1)C(=O)CN(c1cc(C(F)(F)F)ccc1Cl)S(=O)(=O)c1ccccc1. The van der Waals surface area contributed by atoms with Crippen LogP contribution in [0.2, 0.25) is 5.02 Å². The summed E-state index contributed by atoms with van der Waals surface area (Å²) in [6.07, 6.45) is -4.59. The molecular formula is C28H29ClF3N3O4S. The van der Waals surface area contributed by atoms with E-state index in [0.717, 1.165) is 17.7 Å². The van der Waals surface area contributed by atoms with E-state index in [4.69, 9.17) is 11.6 Å². The Morgan fingerprint density at radius 2 is 1.62 bits per heavy atom. The molecule has 2 amide bonds. The molecule has 0 aliphatic carbocycles. The van der Waals surface area contributed by atoms with E-state index in [-0.39, 0.29) is 22.9 Å². The lowest BCUT2D eigenvalue weighted by Crippen LogP contribution is -2.51. The minimum atomic E-state index is -4.80. The first-order valence-electron chi connectivity index (χ1n) is 12.3. The van der Waals surface area contributed by atoms with Gasteiger partial charge in [-0.15, -0.1) is 0 Å². The molecule has 0 fully saturated rings. The molecule has 1 N–H and O–H groups in total. The maximum atomic E-state index is 13.9. The first-order chi connectivity index (χ1) is 18.8. The van der Waals surface area contributed by atoms with Crippen molar-refractivity contribution in [2.75, 3.05) is 17.9 Å². The molecule has 0 aliphatic rings. The smallest absolute Gasteiger partial charge is 0.357 e. The minimum absolute atomic E-state index is 0.0411. The molecule has 0 spiro atoms. The number of benzene rings is 3. The summed E-state index contributed by atoms with van der Waals surface area (Å²) in [5.74, 6) is -1.28. The van der Waals surface area contributed by atoms with Gasteiger partial charge in [0.2, 0.25) is 11.8 Å². The zero-order valence-electron chi connectivity index (χ0n) is 22.1. The average molecular weight is 596 g/mol. The molecule has 12 heteroatoms. The summed E-state index contributed by atoms with van der Waals surface area (Å²) in [4.78, 5) is 27.6. The Morgan fingerprint density at radius 3 is 2.17 bits per heavy atom.